The second-order valence-corrected chi connectivity index (χ2v) is 4.79. The minimum Gasteiger partial charge on any atom is -0.497 e. The predicted molar refractivity (Wildman–Crippen MR) is 76.0 cm³/mol. The van der Waals surface area contributed by atoms with Gasteiger partial charge in [0.2, 0.25) is 0 Å². The van der Waals surface area contributed by atoms with Gasteiger partial charge < -0.3 is 4.74 Å². The van der Waals surface area contributed by atoms with Crippen LogP contribution in [0.1, 0.15) is 24.0 Å². The van der Waals surface area contributed by atoms with Gasteiger partial charge in [-0.25, -0.2) is 8.78 Å². The molecule has 1 nitrogen and oxygen atoms in total. The van der Waals surface area contributed by atoms with Crippen molar-refractivity contribution in [2.24, 2.45) is 0 Å². The number of aryl methyl sites for hydroxylation is 2. The van der Waals surface area contributed by atoms with E-state index in [2.05, 4.69) is 0 Å². The largest absolute Gasteiger partial charge is 0.497 e. The number of methoxy groups -OCH3 is 1. The van der Waals surface area contributed by atoms with Gasteiger partial charge in [-0.15, -0.1) is 0 Å². The molecule has 0 amide bonds. The van der Waals surface area contributed by atoms with Crippen molar-refractivity contribution < 1.29 is 13.5 Å². The second-order valence-electron chi connectivity index (χ2n) is 4.79. The van der Waals surface area contributed by atoms with Crippen molar-refractivity contribution in [3.8, 4) is 5.75 Å². The molecule has 0 saturated heterocycles. The Balaban J connectivity index is 1.78. The van der Waals surface area contributed by atoms with Crippen LogP contribution in [0.5, 0.6) is 5.75 Å². The van der Waals surface area contributed by atoms with E-state index in [9.17, 15) is 8.78 Å². The Morgan fingerprint density at radius 2 is 1.60 bits per heavy atom. The molecule has 0 heterocycles. The Morgan fingerprint density at radius 3 is 2.25 bits per heavy atom. The minimum atomic E-state index is -0.524. The van der Waals surface area contributed by atoms with Crippen LogP contribution < -0.4 is 4.74 Å². The molecule has 20 heavy (non-hydrogen) atoms. The molecule has 3 heteroatoms. The highest BCUT2D eigenvalue weighted by Gasteiger charge is 2.03. The highest BCUT2D eigenvalue weighted by atomic mass is 19.1. The predicted octanol–water partition coefficient (Wildman–Crippen LogP) is 4.54. The van der Waals surface area contributed by atoms with Gasteiger partial charge in [-0.2, -0.15) is 0 Å². The highest BCUT2D eigenvalue weighted by Crippen LogP contribution is 2.15. The van der Waals surface area contributed by atoms with E-state index in [1.807, 2.05) is 24.3 Å². The summed E-state index contributed by atoms with van der Waals surface area (Å²) in [7, 11) is 1.65. The normalized spacial score (nSPS) is 10.6. The van der Waals surface area contributed by atoms with Crippen LogP contribution in [0.25, 0.3) is 0 Å². The molecule has 0 aliphatic carbocycles. The number of ether oxygens (including phenoxy) is 1. The maximum atomic E-state index is 13.4. The topological polar surface area (TPSA) is 9.23 Å². The van der Waals surface area contributed by atoms with Gasteiger partial charge >= 0.3 is 0 Å². The number of halogens is 2. The van der Waals surface area contributed by atoms with E-state index in [-0.39, 0.29) is 0 Å². The van der Waals surface area contributed by atoms with Crippen molar-refractivity contribution in [2.45, 2.75) is 25.7 Å². The molecule has 0 unspecified atom stereocenters. The highest BCUT2D eigenvalue weighted by molar-refractivity contribution is 5.27. The molecule has 0 fully saturated rings. The van der Waals surface area contributed by atoms with Gasteiger partial charge in [0, 0.05) is 6.07 Å². The zero-order valence-corrected chi connectivity index (χ0v) is 11.5. The van der Waals surface area contributed by atoms with Crippen LogP contribution in [-0.4, -0.2) is 7.11 Å². The van der Waals surface area contributed by atoms with E-state index >= 15 is 0 Å². The zero-order chi connectivity index (χ0) is 14.4. The Bertz CT molecular complexity index is 549. The Morgan fingerprint density at radius 1 is 0.900 bits per heavy atom. The summed E-state index contributed by atoms with van der Waals surface area (Å²) < 4.78 is 31.3. The van der Waals surface area contributed by atoms with Crippen LogP contribution in [0.2, 0.25) is 0 Å². The van der Waals surface area contributed by atoms with E-state index in [4.69, 9.17) is 4.74 Å². The van der Waals surface area contributed by atoms with Crippen LogP contribution in [0.4, 0.5) is 8.78 Å². The molecular formula is C17H18F2O. The maximum Gasteiger partial charge on any atom is 0.129 e. The minimum absolute atomic E-state index is 0.450. The average Bonchev–Trinajstić information content (AvgIpc) is 2.46. The van der Waals surface area contributed by atoms with Crippen LogP contribution in [-0.2, 0) is 12.8 Å². The van der Waals surface area contributed by atoms with Crippen molar-refractivity contribution in [2.75, 3.05) is 7.11 Å². The molecule has 106 valence electrons. The molecule has 0 aliphatic rings. The van der Waals surface area contributed by atoms with E-state index in [1.165, 1.54) is 17.7 Å². The van der Waals surface area contributed by atoms with Gasteiger partial charge in [-0.05, 0) is 55.0 Å². The van der Waals surface area contributed by atoms with Crippen molar-refractivity contribution in [3.63, 3.8) is 0 Å². The summed E-state index contributed by atoms with van der Waals surface area (Å²) in [6.45, 7) is 0. The summed E-state index contributed by atoms with van der Waals surface area (Å²) in [5.74, 6) is -0.124. The van der Waals surface area contributed by atoms with Crippen molar-refractivity contribution in [1.82, 2.24) is 0 Å². The van der Waals surface area contributed by atoms with Crippen molar-refractivity contribution in [1.29, 1.82) is 0 Å². The molecule has 0 spiro atoms. The maximum absolute atomic E-state index is 13.4. The second kappa shape index (κ2) is 7.04. The van der Waals surface area contributed by atoms with Crippen LogP contribution in [0.3, 0.4) is 0 Å². The standard InChI is InChI=1S/C17H18F2O/c1-20-16-10-6-13(7-11-16)4-2-3-5-14-8-9-15(18)12-17(14)19/h6-12H,2-5H2,1H3. The van der Waals surface area contributed by atoms with E-state index in [0.29, 0.717) is 12.0 Å². The Hall–Kier alpha value is -1.90. The lowest BCUT2D eigenvalue weighted by molar-refractivity contribution is 0.414. The molecular weight excluding hydrogens is 258 g/mol. The Labute approximate surface area is 118 Å². The zero-order valence-electron chi connectivity index (χ0n) is 11.5. The van der Waals surface area contributed by atoms with Crippen LogP contribution in [0, 0.1) is 11.6 Å². The lowest BCUT2D eigenvalue weighted by atomic mass is 10.0. The molecule has 2 aromatic rings. The average molecular weight is 276 g/mol. The summed E-state index contributed by atoms with van der Waals surface area (Å²) >= 11 is 0. The van der Waals surface area contributed by atoms with Crippen molar-refractivity contribution >= 4 is 0 Å². The molecule has 2 rings (SSSR count). The van der Waals surface area contributed by atoms with Crippen molar-refractivity contribution in [3.05, 3.63) is 65.2 Å². The molecule has 0 saturated carbocycles. The first-order valence-corrected chi connectivity index (χ1v) is 6.76. The van der Waals surface area contributed by atoms with Gasteiger partial charge in [0.15, 0.2) is 0 Å². The molecule has 0 bridgehead atoms. The fourth-order valence-corrected chi connectivity index (χ4v) is 2.16. The third-order valence-corrected chi connectivity index (χ3v) is 3.34. The molecule has 0 atom stereocenters. The first-order valence-electron chi connectivity index (χ1n) is 6.76. The summed E-state index contributed by atoms with van der Waals surface area (Å²) in [5, 5.41) is 0. The van der Waals surface area contributed by atoms with Gasteiger partial charge in [0.25, 0.3) is 0 Å². The number of hydrogen-bond acceptors (Lipinski definition) is 1. The molecule has 0 aromatic heterocycles. The fourth-order valence-electron chi connectivity index (χ4n) is 2.16. The fraction of sp³-hybridized carbons (Fsp3) is 0.294. The molecule has 0 N–H and O–H groups in total. The SMILES string of the molecule is COc1ccc(CCCCc2ccc(F)cc2F)cc1. The summed E-state index contributed by atoms with van der Waals surface area (Å²) in [6, 6.07) is 11.7. The van der Waals surface area contributed by atoms with E-state index < -0.39 is 11.6 Å². The number of hydrogen-bond donors (Lipinski definition) is 0. The lowest BCUT2D eigenvalue weighted by Gasteiger charge is -2.05. The number of benzene rings is 2. The first-order chi connectivity index (χ1) is 9.69. The first kappa shape index (κ1) is 14.5. The smallest absolute Gasteiger partial charge is 0.129 e. The summed E-state index contributed by atoms with van der Waals surface area (Å²) in [6.07, 6.45) is 3.45. The van der Waals surface area contributed by atoms with Crippen LogP contribution >= 0.6 is 0 Å². The monoisotopic (exact) mass is 276 g/mol. The number of rotatable bonds is 6. The molecule has 0 radical (unpaired) electrons. The molecule has 0 aliphatic heterocycles. The van der Waals surface area contributed by atoms with Gasteiger partial charge in [-0.1, -0.05) is 18.2 Å². The third-order valence-electron chi connectivity index (χ3n) is 3.34. The summed E-state index contributed by atoms with van der Waals surface area (Å²) in [4.78, 5) is 0. The summed E-state index contributed by atoms with van der Waals surface area (Å²) in [5.41, 5.74) is 1.83. The van der Waals surface area contributed by atoms with Gasteiger partial charge in [0.05, 0.1) is 7.11 Å². The number of unbranched alkanes of at least 4 members (excludes halogenated alkanes) is 1. The quantitative estimate of drug-likeness (QED) is 0.704. The lowest BCUT2D eigenvalue weighted by Crippen LogP contribution is -1.93. The van der Waals surface area contributed by atoms with Gasteiger partial charge in [0.1, 0.15) is 17.4 Å². The van der Waals surface area contributed by atoms with Gasteiger partial charge in [-0.3, -0.25) is 0 Å². The molecule has 2 aromatic carbocycles. The van der Waals surface area contributed by atoms with Crippen LogP contribution in [0.15, 0.2) is 42.5 Å². The Kier molecular flexibility index (Phi) is 5.10. The van der Waals surface area contributed by atoms with E-state index in [0.717, 1.165) is 31.1 Å². The third kappa shape index (κ3) is 4.05. The van der Waals surface area contributed by atoms with E-state index in [1.54, 1.807) is 7.11 Å².